The summed E-state index contributed by atoms with van der Waals surface area (Å²) in [6.07, 6.45) is -4.08. The molecule has 1 atom stereocenters. The third-order valence-electron chi connectivity index (χ3n) is 5.85. The highest BCUT2D eigenvalue weighted by Crippen LogP contribution is 2.32. The molecule has 1 unspecified atom stereocenters. The fourth-order valence-corrected chi connectivity index (χ4v) is 5.47. The van der Waals surface area contributed by atoms with Crippen LogP contribution in [0, 0.1) is 5.92 Å². The van der Waals surface area contributed by atoms with Crippen LogP contribution in [0.5, 0.6) is 0 Å². The number of alkyl halides is 3. The Labute approximate surface area is 189 Å². The second kappa shape index (κ2) is 8.83. The number of hydrogen-bond donors (Lipinski definition) is 1. The zero-order chi connectivity index (χ0) is 23.8. The predicted molar refractivity (Wildman–Crippen MR) is 116 cm³/mol. The van der Waals surface area contributed by atoms with E-state index in [-0.39, 0.29) is 37.9 Å². The first-order chi connectivity index (χ1) is 15.6. The minimum atomic E-state index is -4.63. The number of hydrogen-bond acceptors (Lipinski definition) is 4. The van der Waals surface area contributed by atoms with E-state index < -0.39 is 32.6 Å². The Balaban J connectivity index is 1.38. The Hall–Kier alpha value is -2.85. The van der Waals surface area contributed by atoms with Crippen molar-refractivity contribution in [2.75, 3.05) is 13.1 Å². The maximum Gasteiger partial charge on any atom is 0.416 e. The molecule has 0 saturated carbocycles. The van der Waals surface area contributed by atoms with Crippen LogP contribution < -0.4 is 5.32 Å². The number of nitrogens with zero attached hydrogens (tertiary/aromatic N) is 1. The summed E-state index contributed by atoms with van der Waals surface area (Å²) in [6.45, 7) is 1.91. The molecule has 6 nitrogen and oxygen atoms in total. The van der Waals surface area contributed by atoms with Gasteiger partial charge in [-0.1, -0.05) is 24.3 Å². The van der Waals surface area contributed by atoms with E-state index in [1.54, 1.807) is 0 Å². The summed E-state index contributed by atoms with van der Waals surface area (Å²) in [4.78, 5) is 12.3. The van der Waals surface area contributed by atoms with Crippen molar-refractivity contribution >= 4 is 26.9 Å². The number of piperidine rings is 1. The Bertz CT molecular complexity index is 1230. The molecule has 10 heteroatoms. The van der Waals surface area contributed by atoms with E-state index in [1.807, 2.05) is 37.3 Å². The molecular weight excluding hydrogens is 457 g/mol. The van der Waals surface area contributed by atoms with Crippen LogP contribution in [0.2, 0.25) is 0 Å². The van der Waals surface area contributed by atoms with E-state index in [0.717, 1.165) is 33.5 Å². The van der Waals surface area contributed by atoms with Crippen molar-refractivity contribution in [2.24, 2.45) is 5.92 Å². The van der Waals surface area contributed by atoms with E-state index >= 15 is 0 Å². The molecule has 176 valence electrons. The molecule has 0 spiro atoms. The fraction of sp³-hybridized carbons (Fsp3) is 0.348. The van der Waals surface area contributed by atoms with E-state index in [2.05, 4.69) is 5.32 Å². The monoisotopic (exact) mass is 480 g/mol. The largest absolute Gasteiger partial charge is 0.459 e. The lowest BCUT2D eigenvalue weighted by Crippen LogP contribution is -2.43. The lowest BCUT2D eigenvalue weighted by Gasteiger charge is -2.31. The summed E-state index contributed by atoms with van der Waals surface area (Å²) in [5.74, 6) is 0.0120. The molecule has 33 heavy (non-hydrogen) atoms. The average molecular weight is 481 g/mol. The maximum atomic E-state index is 13.0. The van der Waals surface area contributed by atoms with Gasteiger partial charge in [0.25, 0.3) is 0 Å². The van der Waals surface area contributed by atoms with Gasteiger partial charge in [-0.15, -0.1) is 0 Å². The molecule has 3 aromatic rings. The SMILES string of the molecule is CC(NC(=O)C1CCN(S(=O)(=O)c2cccc(C(F)(F)F)c2)CC1)c1cc2ccccc2o1. The summed E-state index contributed by atoms with van der Waals surface area (Å²) in [5.41, 5.74) is -0.292. The number of halogens is 3. The average Bonchev–Trinajstić information content (AvgIpc) is 3.23. The number of nitrogens with one attached hydrogen (secondary N) is 1. The first-order valence-electron chi connectivity index (χ1n) is 10.5. The van der Waals surface area contributed by atoms with E-state index in [1.165, 1.54) is 0 Å². The third kappa shape index (κ3) is 4.91. The highest BCUT2D eigenvalue weighted by atomic mass is 32.2. The molecule has 1 N–H and O–H groups in total. The zero-order valence-corrected chi connectivity index (χ0v) is 18.6. The lowest BCUT2D eigenvalue weighted by atomic mass is 9.97. The number of fused-ring (bicyclic) bond motifs is 1. The Morgan fingerprint density at radius 3 is 2.45 bits per heavy atom. The minimum absolute atomic E-state index is 0.0513. The van der Waals surface area contributed by atoms with Crippen LogP contribution in [-0.4, -0.2) is 31.7 Å². The molecule has 4 rings (SSSR count). The number of amides is 1. The Morgan fingerprint density at radius 2 is 1.79 bits per heavy atom. The summed E-state index contributed by atoms with van der Waals surface area (Å²) in [7, 11) is -4.09. The second-order valence-electron chi connectivity index (χ2n) is 8.12. The highest BCUT2D eigenvalue weighted by Gasteiger charge is 2.35. The summed E-state index contributed by atoms with van der Waals surface area (Å²) >= 11 is 0. The molecule has 1 aliphatic rings. The van der Waals surface area contributed by atoms with Crippen molar-refractivity contribution < 1.29 is 30.8 Å². The molecular formula is C23H23F3N2O4S. The predicted octanol–water partition coefficient (Wildman–Crippen LogP) is 4.73. The van der Waals surface area contributed by atoms with Crippen LogP contribution >= 0.6 is 0 Å². The normalized spacial score (nSPS) is 17.2. The molecule has 1 fully saturated rings. The number of furan rings is 1. The lowest BCUT2D eigenvalue weighted by molar-refractivity contribution is -0.137. The molecule has 1 aliphatic heterocycles. The van der Waals surface area contributed by atoms with Crippen molar-refractivity contribution in [1.29, 1.82) is 0 Å². The number of sulfonamides is 1. The number of para-hydroxylation sites is 1. The van der Waals surface area contributed by atoms with Crippen LogP contribution in [0.1, 0.15) is 37.1 Å². The van der Waals surface area contributed by atoms with Gasteiger partial charge < -0.3 is 9.73 Å². The molecule has 1 aromatic heterocycles. The maximum absolute atomic E-state index is 13.0. The topological polar surface area (TPSA) is 79.6 Å². The van der Waals surface area contributed by atoms with E-state index in [0.29, 0.717) is 11.8 Å². The van der Waals surface area contributed by atoms with Gasteiger partial charge in [-0.05, 0) is 50.1 Å². The van der Waals surface area contributed by atoms with Gasteiger partial charge in [0.05, 0.1) is 16.5 Å². The van der Waals surface area contributed by atoms with Gasteiger partial charge in [0.2, 0.25) is 15.9 Å². The molecule has 0 radical (unpaired) electrons. The first kappa shape index (κ1) is 23.3. The summed E-state index contributed by atoms with van der Waals surface area (Å²) in [6, 6.07) is 12.7. The van der Waals surface area contributed by atoms with Gasteiger partial charge in [-0.3, -0.25) is 4.79 Å². The van der Waals surface area contributed by atoms with Gasteiger partial charge in [-0.25, -0.2) is 8.42 Å². The van der Waals surface area contributed by atoms with Gasteiger partial charge in [-0.2, -0.15) is 17.5 Å². The third-order valence-corrected chi connectivity index (χ3v) is 7.75. The Kier molecular flexibility index (Phi) is 6.24. The van der Waals surface area contributed by atoms with Gasteiger partial charge in [0, 0.05) is 24.4 Å². The Morgan fingerprint density at radius 1 is 1.09 bits per heavy atom. The first-order valence-corrected chi connectivity index (χ1v) is 12.0. The summed E-state index contributed by atoms with van der Waals surface area (Å²) < 4.78 is 71.5. The number of carbonyl (C=O) groups is 1. The number of carbonyl (C=O) groups excluding carboxylic acids is 1. The zero-order valence-electron chi connectivity index (χ0n) is 17.8. The van der Waals surface area contributed by atoms with Gasteiger partial charge in [0.1, 0.15) is 11.3 Å². The molecule has 0 aliphatic carbocycles. The molecule has 2 aromatic carbocycles. The molecule has 1 saturated heterocycles. The van der Waals surface area contributed by atoms with Crippen molar-refractivity contribution in [3.8, 4) is 0 Å². The van der Waals surface area contributed by atoms with Crippen molar-refractivity contribution in [1.82, 2.24) is 9.62 Å². The smallest absolute Gasteiger partial charge is 0.416 e. The number of rotatable bonds is 5. The van der Waals surface area contributed by atoms with E-state index in [4.69, 9.17) is 4.42 Å². The van der Waals surface area contributed by atoms with Gasteiger partial charge >= 0.3 is 6.18 Å². The quantitative estimate of drug-likeness (QED) is 0.573. The summed E-state index contributed by atoms with van der Waals surface area (Å²) in [5, 5.41) is 3.84. The van der Waals surface area contributed by atoms with Crippen LogP contribution in [0.25, 0.3) is 11.0 Å². The molecule has 1 amide bonds. The number of benzene rings is 2. The van der Waals surface area contributed by atoms with Crippen LogP contribution in [-0.2, 0) is 21.0 Å². The van der Waals surface area contributed by atoms with E-state index in [9.17, 15) is 26.4 Å². The molecule has 0 bridgehead atoms. The fourth-order valence-electron chi connectivity index (χ4n) is 3.96. The van der Waals surface area contributed by atoms with Crippen LogP contribution in [0.4, 0.5) is 13.2 Å². The van der Waals surface area contributed by atoms with Gasteiger partial charge in [0.15, 0.2) is 0 Å². The van der Waals surface area contributed by atoms with Crippen molar-refractivity contribution in [3.63, 3.8) is 0 Å². The van der Waals surface area contributed by atoms with Crippen LogP contribution in [0.3, 0.4) is 0 Å². The van der Waals surface area contributed by atoms with Crippen molar-refractivity contribution in [3.05, 3.63) is 65.9 Å². The molecule has 2 heterocycles. The van der Waals surface area contributed by atoms with Crippen molar-refractivity contribution in [2.45, 2.75) is 36.9 Å². The second-order valence-corrected chi connectivity index (χ2v) is 10.1. The van der Waals surface area contributed by atoms with Crippen LogP contribution in [0.15, 0.2) is 63.9 Å². The minimum Gasteiger partial charge on any atom is -0.459 e. The standard InChI is InChI=1S/C23H23F3N2O4S/c1-15(21-13-17-5-2-3-8-20(17)32-21)27-22(29)16-9-11-28(12-10-16)33(30,31)19-7-4-6-18(14-19)23(24,25)26/h2-8,13-16H,9-12H2,1H3,(H,27,29). The highest BCUT2D eigenvalue weighted by molar-refractivity contribution is 7.89.